The molecule has 1 atom stereocenters. The van der Waals surface area contributed by atoms with Crippen molar-refractivity contribution in [3.05, 3.63) is 81.7 Å². The number of rotatable bonds is 7. The van der Waals surface area contributed by atoms with Crippen LogP contribution in [0.2, 0.25) is 0 Å². The number of ether oxygens (including phenoxy) is 3. The van der Waals surface area contributed by atoms with E-state index in [0.29, 0.717) is 39.4 Å². The maximum Gasteiger partial charge on any atom is 0.338 e. The van der Waals surface area contributed by atoms with E-state index >= 15 is 0 Å². The minimum absolute atomic E-state index is 0.220. The highest BCUT2D eigenvalue weighted by Gasteiger charge is 2.42. The van der Waals surface area contributed by atoms with Crippen molar-refractivity contribution in [2.75, 3.05) is 13.7 Å². The molecule has 34 heavy (non-hydrogen) atoms. The summed E-state index contributed by atoms with van der Waals surface area (Å²) in [6.45, 7) is 4.10. The Balaban J connectivity index is 1.74. The van der Waals surface area contributed by atoms with Crippen molar-refractivity contribution in [2.45, 2.75) is 26.5 Å². The van der Waals surface area contributed by atoms with Gasteiger partial charge >= 0.3 is 5.97 Å². The monoisotopic (exact) mass is 476 g/mol. The SMILES string of the molecule is CCOC(=O)C1=C(C)N=C2SC(C#N)=C(N)N2[C@H]1c1ccc(OCc2ccccc2)c(OC)c1. The van der Waals surface area contributed by atoms with Crippen LogP contribution in [-0.4, -0.2) is 29.8 Å². The van der Waals surface area contributed by atoms with Crippen molar-refractivity contribution in [2.24, 2.45) is 10.7 Å². The van der Waals surface area contributed by atoms with E-state index in [-0.39, 0.29) is 12.4 Å². The Kier molecular flexibility index (Phi) is 6.80. The zero-order chi connectivity index (χ0) is 24.2. The smallest absolute Gasteiger partial charge is 0.338 e. The standard InChI is InChI=1S/C25H24N4O4S/c1-4-32-24(30)21-15(2)28-25-29(23(27)20(13-26)34-25)22(21)17-10-11-18(19(12-17)31-3)33-14-16-8-6-5-7-9-16/h5-12,22H,4,14,27H2,1-3H3/t22-/m0/s1. The lowest BCUT2D eigenvalue weighted by molar-refractivity contribution is -0.139. The first kappa shape index (κ1) is 23.3. The topological polar surface area (TPSA) is 110 Å². The molecule has 0 aliphatic carbocycles. The van der Waals surface area contributed by atoms with Crippen molar-refractivity contribution in [1.82, 2.24) is 4.90 Å². The molecule has 174 valence electrons. The molecule has 8 nitrogen and oxygen atoms in total. The number of allylic oxidation sites excluding steroid dienone is 2. The lowest BCUT2D eigenvalue weighted by Gasteiger charge is -2.35. The van der Waals surface area contributed by atoms with Crippen molar-refractivity contribution >= 4 is 22.9 Å². The Morgan fingerprint density at radius 2 is 2.00 bits per heavy atom. The van der Waals surface area contributed by atoms with Gasteiger partial charge in [0, 0.05) is 0 Å². The van der Waals surface area contributed by atoms with E-state index in [4.69, 9.17) is 19.9 Å². The van der Waals surface area contributed by atoms with Crippen LogP contribution in [0.4, 0.5) is 0 Å². The summed E-state index contributed by atoms with van der Waals surface area (Å²) in [6, 6.07) is 16.7. The van der Waals surface area contributed by atoms with Crippen LogP contribution in [0, 0.1) is 11.3 Å². The van der Waals surface area contributed by atoms with E-state index < -0.39 is 12.0 Å². The molecule has 2 aliphatic rings. The number of hydrogen-bond acceptors (Lipinski definition) is 9. The lowest BCUT2D eigenvalue weighted by Crippen LogP contribution is -2.38. The van der Waals surface area contributed by atoms with Gasteiger partial charge in [-0.1, -0.05) is 36.4 Å². The molecule has 0 spiro atoms. The van der Waals surface area contributed by atoms with Crippen LogP contribution < -0.4 is 15.2 Å². The summed E-state index contributed by atoms with van der Waals surface area (Å²) in [5.74, 6) is 0.830. The average molecular weight is 477 g/mol. The second kappa shape index (κ2) is 9.93. The molecule has 0 fully saturated rings. The van der Waals surface area contributed by atoms with Gasteiger partial charge in [-0.05, 0) is 48.9 Å². The summed E-state index contributed by atoms with van der Waals surface area (Å²) in [5.41, 5.74) is 8.94. The second-order valence-electron chi connectivity index (χ2n) is 7.50. The molecule has 2 aliphatic heterocycles. The van der Waals surface area contributed by atoms with E-state index in [9.17, 15) is 10.1 Å². The number of nitrogens with two attached hydrogens (primary N) is 1. The van der Waals surface area contributed by atoms with Gasteiger partial charge in [-0.15, -0.1) is 0 Å². The first-order valence-electron chi connectivity index (χ1n) is 10.7. The number of carbonyl (C=O) groups excluding carboxylic acids is 1. The summed E-state index contributed by atoms with van der Waals surface area (Å²) in [5, 5.41) is 10.0. The van der Waals surface area contributed by atoms with Crippen LogP contribution in [-0.2, 0) is 16.1 Å². The molecule has 9 heteroatoms. The van der Waals surface area contributed by atoms with Gasteiger partial charge in [0.25, 0.3) is 0 Å². The molecule has 2 heterocycles. The average Bonchev–Trinajstić information content (AvgIpc) is 3.17. The molecule has 2 aromatic rings. The van der Waals surface area contributed by atoms with E-state index in [1.807, 2.05) is 42.5 Å². The number of nitriles is 1. The summed E-state index contributed by atoms with van der Waals surface area (Å²) in [4.78, 5) is 19.5. The number of aliphatic imine (C=N–C) groups is 1. The molecule has 0 radical (unpaired) electrons. The van der Waals surface area contributed by atoms with Crippen LogP contribution in [0.25, 0.3) is 0 Å². The summed E-state index contributed by atoms with van der Waals surface area (Å²) in [7, 11) is 1.56. The first-order valence-corrected chi connectivity index (χ1v) is 11.5. The van der Waals surface area contributed by atoms with Crippen LogP contribution in [0.3, 0.4) is 0 Å². The van der Waals surface area contributed by atoms with Crippen molar-refractivity contribution < 1.29 is 19.0 Å². The number of nitrogens with zero attached hydrogens (tertiary/aromatic N) is 3. The van der Waals surface area contributed by atoms with Gasteiger partial charge in [-0.2, -0.15) is 5.26 Å². The second-order valence-corrected chi connectivity index (χ2v) is 8.48. The van der Waals surface area contributed by atoms with Crippen molar-refractivity contribution in [1.29, 1.82) is 5.26 Å². The number of thioether (sulfide) groups is 1. The molecule has 4 rings (SSSR count). The summed E-state index contributed by atoms with van der Waals surface area (Å²) >= 11 is 1.18. The quantitative estimate of drug-likeness (QED) is 0.592. The maximum absolute atomic E-state index is 13.0. The highest BCUT2D eigenvalue weighted by atomic mass is 32.2. The molecular formula is C25H24N4O4S. The van der Waals surface area contributed by atoms with Gasteiger partial charge in [0.15, 0.2) is 16.7 Å². The van der Waals surface area contributed by atoms with E-state index in [1.165, 1.54) is 11.8 Å². The fraction of sp³-hybridized carbons (Fsp3) is 0.240. The lowest BCUT2D eigenvalue weighted by atomic mass is 9.94. The van der Waals surface area contributed by atoms with E-state index in [2.05, 4.69) is 11.1 Å². The third-order valence-corrected chi connectivity index (χ3v) is 6.39. The fourth-order valence-corrected chi connectivity index (χ4v) is 4.75. The normalized spacial score (nSPS) is 17.2. The van der Waals surface area contributed by atoms with Gasteiger partial charge in [0.2, 0.25) is 0 Å². The van der Waals surface area contributed by atoms with Crippen LogP contribution in [0.1, 0.15) is 31.0 Å². The van der Waals surface area contributed by atoms with Gasteiger partial charge in [0.05, 0.1) is 31.0 Å². The van der Waals surface area contributed by atoms with Gasteiger partial charge in [0.1, 0.15) is 23.4 Å². The molecule has 0 saturated heterocycles. The number of amidine groups is 1. The molecule has 2 N–H and O–H groups in total. The predicted molar refractivity (Wildman–Crippen MR) is 130 cm³/mol. The maximum atomic E-state index is 13.0. The number of esters is 1. The van der Waals surface area contributed by atoms with Gasteiger partial charge in [-0.25, -0.2) is 9.79 Å². The minimum atomic E-state index is -0.637. The third-order valence-electron chi connectivity index (χ3n) is 5.41. The van der Waals surface area contributed by atoms with Gasteiger partial charge < -0.3 is 19.9 Å². The number of benzene rings is 2. The van der Waals surface area contributed by atoms with E-state index in [1.54, 1.807) is 31.9 Å². The molecule has 0 unspecified atom stereocenters. The molecular weight excluding hydrogens is 452 g/mol. The van der Waals surface area contributed by atoms with E-state index in [0.717, 1.165) is 11.1 Å². The van der Waals surface area contributed by atoms with Crippen molar-refractivity contribution in [3.8, 4) is 17.6 Å². The Bertz CT molecular complexity index is 1250. The third kappa shape index (κ3) is 4.32. The van der Waals surface area contributed by atoms with Crippen LogP contribution >= 0.6 is 11.8 Å². The predicted octanol–water partition coefficient (Wildman–Crippen LogP) is 4.22. The highest BCUT2D eigenvalue weighted by Crippen LogP contribution is 2.46. The van der Waals surface area contributed by atoms with Crippen LogP contribution in [0.5, 0.6) is 11.5 Å². The number of carbonyl (C=O) groups is 1. The largest absolute Gasteiger partial charge is 0.493 e. The number of fused-ring (bicyclic) bond motifs is 1. The van der Waals surface area contributed by atoms with Crippen LogP contribution in [0.15, 0.2) is 75.5 Å². The molecule has 2 aromatic carbocycles. The Morgan fingerprint density at radius 3 is 2.68 bits per heavy atom. The number of hydrogen-bond donors (Lipinski definition) is 1. The molecule has 0 aromatic heterocycles. The minimum Gasteiger partial charge on any atom is -0.493 e. The zero-order valence-electron chi connectivity index (χ0n) is 19.1. The fourth-order valence-electron chi connectivity index (χ4n) is 3.83. The highest BCUT2D eigenvalue weighted by molar-refractivity contribution is 8.17. The summed E-state index contributed by atoms with van der Waals surface area (Å²) < 4.78 is 16.9. The molecule has 0 bridgehead atoms. The first-order chi connectivity index (χ1) is 16.5. The molecule has 0 amide bonds. The molecule has 0 saturated carbocycles. The Labute approximate surface area is 202 Å². The van der Waals surface area contributed by atoms with Crippen molar-refractivity contribution in [3.63, 3.8) is 0 Å². The Hall–Kier alpha value is -3.90. The Morgan fingerprint density at radius 1 is 1.24 bits per heavy atom. The number of methoxy groups -OCH3 is 1. The van der Waals surface area contributed by atoms with Gasteiger partial charge in [-0.3, -0.25) is 4.90 Å². The zero-order valence-corrected chi connectivity index (χ0v) is 19.9. The summed E-state index contributed by atoms with van der Waals surface area (Å²) in [6.07, 6.45) is 0.